The molecule has 0 unspecified atom stereocenters. The Morgan fingerprint density at radius 1 is 1.27 bits per heavy atom. The first-order chi connectivity index (χ1) is 12.5. The molecule has 1 aliphatic carbocycles. The number of nitrogens with one attached hydrogen (secondary N) is 1. The Hall–Kier alpha value is -2.24. The first-order valence-corrected chi connectivity index (χ1v) is 9.00. The molecule has 7 heteroatoms. The van der Waals surface area contributed by atoms with Crippen LogP contribution in [0.1, 0.15) is 29.5 Å². The van der Waals surface area contributed by atoms with E-state index in [1.165, 1.54) is 6.07 Å². The highest BCUT2D eigenvalue weighted by atomic mass is 35.5. The van der Waals surface area contributed by atoms with Crippen molar-refractivity contribution in [2.75, 3.05) is 12.4 Å². The van der Waals surface area contributed by atoms with Gasteiger partial charge in [-0.1, -0.05) is 41.4 Å². The molecule has 2 aromatic rings. The van der Waals surface area contributed by atoms with Gasteiger partial charge in [-0.15, -0.1) is 0 Å². The summed E-state index contributed by atoms with van der Waals surface area (Å²) < 4.78 is 5.47. The Balaban J connectivity index is 1.90. The smallest absolute Gasteiger partial charge is 0.275 e. The Labute approximate surface area is 160 Å². The standard InChI is InChI=1S/C19H16Cl2N2O3/c1-26-16-8-7-15(23(24)25)17-11-3-2-4-12(11)18(22-19(16)17)13-6-5-10(20)9-14(13)21/h2-3,5-9,11-12,18,22H,4H2,1H3/t11-,12+,18+/m1/s1. The fraction of sp³-hybridized carbons (Fsp3) is 0.263. The highest BCUT2D eigenvalue weighted by Gasteiger charge is 2.43. The molecule has 0 bridgehead atoms. The largest absolute Gasteiger partial charge is 0.495 e. The molecular weight excluding hydrogens is 375 g/mol. The van der Waals surface area contributed by atoms with Crippen LogP contribution < -0.4 is 10.1 Å². The van der Waals surface area contributed by atoms with E-state index in [-0.39, 0.29) is 28.5 Å². The van der Waals surface area contributed by atoms with Gasteiger partial charge in [0.1, 0.15) is 5.75 Å². The molecule has 0 spiro atoms. The summed E-state index contributed by atoms with van der Waals surface area (Å²) in [6.45, 7) is 0. The summed E-state index contributed by atoms with van der Waals surface area (Å²) in [4.78, 5) is 11.2. The van der Waals surface area contributed by atoms with E-state index in [2.05, 4.69) is 11.4 Å². The minimum atomic E-state index is -0.335. The minimum Gasteiger partial charge on any atom is -0.495 e. The molecule has 134 valence electrons. The van der Waals surface area contributed by atoms with Crippen LogP contribution in [-0.4, -0.2) is 12.0 Å². The molecule has 2 aromatic carbocycles. The zero-order valence-corrected chi connectivity index (χ0v) is 15.4. The number of fused-ring (bicyclic) bond motifs is 3. The lowest BCUT2D eigenvalue weighted by Gasteiger charge is -2.38. The molecule has 2 aliphatic rings. The molecule has 3 atom stereocenters. The predicted octanol–water partition coefficient (Wildman–Crippen LogP) is 5.74. The highest BCUT2D eigenvalue weighted by molar-refractivity contribution is 6.35. The van der Waals surface area contributed by atoms with E-state index in [9.17, 15) is 10.1 Å². The Morgan fingerprint density at radius 3 is 2.77 bits per heavy atom. The maximum absolute atomic E-state index is 11.6. The van der Waals surface area contributed by atoms with Crippen LogP contribution in [0.5, 0.6) is 5.75 Å². The molecule has 0 amide bonds. The van der Waals surface area contributed by atoms with E-state index in [1.54, 1.807) is 19.2 Å². The summed E-state index contributed by atoms with van der Waals surface area (Å²) >= 11 is 12.5. The number of methoxy groups -OCH3 is 1. The second-order valence-corrected chi connectivity index (χ2v) is 7.32. The van der Waals surface area contributed by atoms with Crippen LogP contribution in [0, 0.1) is 16.0 Å². The zero-order chi connectivity index (χ0) is 18.4. The van der Waals surface area contributed by atoms with Gasteiger partial charge in [0, 0.05) is 22.0 Å². The van der Waals surface area contributed by atoms with E-state index in [1.807, 2.05) is 18.2 Å². The van der Waals surface area contributed by atoms with Gasteiger partial charge in [0.25, 0.3) is 5.69 Å². The van der Waals surface area contributed by atoms with Gasteiger partial charge < -0.3 is 10.1 Å². The average molecular weight is 391 g/mol. The average Bonchev–Trinajstić information content (AvgIpc) is 3.10. The fourth-order valence-corrected chi connectivity index (χ4v) is 4.58. The van der Waals surface area contributed by atoms with Gasteiger partial charge >= 0.3 is 0 Å². The molecule has 4 rings (SSSR count). The molecular formula is C19H16Cl2N2O3. The number of rotatable bonds is 3. The van der Waals surface area contributed by atoms with Crippen LogP contribution in [0.15, 0.2) is 42.5 Å². The molecule has 5 nitrogen and oxygen atoms in total. The maximum Gasteiger partial charge on any atom is 0.275 e. The third-order valence-corrected chi connectivity index (χ3v) is 5.74. The molecule has 1 aliphatic heterocycles. The van der Waals surface area contributed by atoms with Gasteiger partial charge in [0.05, 0.1) is 29.3 Å². The van der Waals surface area contributed by atoms with Crippen LogP contribution in [0.2, 0.25) is 10.0 Å². The second kappa shape index (κ2) is 6.49. The number of nitrogens with zero attached hydrogens (tertiary/aromatic N) is 1. The summed E-state index contributed by atoms with van der Waals surface area (Å²) in [6, 6.07) is 8.48. The monoisotopic (exact) mass is 390 g/mol. The third-order valence-electron chi connectivity index (χ3n) is 5.17. The van der Waals surface area contributed by atoms with E-state index < -0.39 is 0 Å². The van der Waals surface area contributed by atoms with E-state index in [4.69, 9.17) is 27.9 Å². The minimum absolute atomic E-state index is 0.0708. The van der Waals surface area contributed by atoms with Crippen LogP contribution in [0.3, 0.4) is 0 Å². The van der Waals surface area contributed by atoms with Gasteiger partial charge in [-0.3, -0.25) is 10.1 Å². The van der Waals surface area contributed by atoms with Gasteiger partial charge in [0.15, 0.2) is 0 Å². The number of nitro groups is 1. The molecule has 1 heterocycles. The van der Waals surface area contributed by atoms with Gasteiger partial charge in [0.2, 0.25) is 0 Å². The van der Waals surface area contributed by atoms with Gasteiger partial charge in [-0.2, -0.15) is 0 Å². The maximum atomic E-state index is 11.6. The molecule has 0 saturated carbocycles. The number of anilines is 1. The number of benzene rings is 2. The van der Waals surface area contributed by atoms with Crippen molar-refractivity contribution in [3.8, 4) is 5.75 Å². The van der Waals surface area contributed by atoms with E-state index in [0.717, 1.165) is 12.0 Å². The lowest BCUT2D eigenvalue weighted by atomic mass is 9.76. The first kappa shape index (κ1) is 17.2. The second-order valence-electron chi connectivity index (χ2n) is 6.47. The van der Waals surface area contributed by atoms with Gasteiger partial charge in [-0.25, -0.2) is 0 Å². The van der Waals surface area contributed by atoms with Crippen molar-refractivity contribution < 1.29 is 9.66 Å². The molecule has 26 heavy (non-hydrogen) atoms. The Morgan fingerprint density at radius 2 is 2.08 bits per heavy atom. The van der Waals surface area contributed by atoms with Crippen LogP contribution in [0.25, 0.3) is 0 Å². The van der Waals surface area contributed by atoms with Crippen molar-refractivity contribution in [1.82, 2.24) is 0 Å². The van der Waals surface area contributed by atoms with Crippen LogP contribution >= 0.6 is 23.2 Å². The zero-order valence-electron chi connectivity index (χ0n) is 13.9. The molecule has 0 saturated heterocycles. The summed E-state index contributed by atoms with van der Waals surface area (Å²) in [6.07, 6.45) is 4.94. The van der Waals surface area contributed by atoms with E-state index >= 15 is 0 Å². The normalized spacial score (nSPS) is 23.1. The Kier molecular flexibility index (Phi) is 4.29. The lowest BCUT2D eigenvalue weighted by molar-refractivity contribution is -0.385. The number of halogens is 2. The van der Waals surface area contributed by atoms with Crippen molar-refractivity contribution in [3.63, 3.8) is 0 Å². The SMILES string of the molecule is COc1ccc([N+](=O)[O-])c2c1N[C@H](c1ccc(Cl)cc1Cl)[C@H]1CC=C[C@@H]21. The lowest BCUT2D eigenvalue weighted by Crippen LogP contribution is -2.30. The summed E-state index contributed by atoms with van der Waals surface area (Å²) in [7, 11) is 1.56. The number of ether oxygens (including phenoxy) is 1. The molecule has 0 aromatic heterocycles. The van der Waals surface area contributed by atoms with Crippen LogP contribution in [-0.2, 0) is 0 Å². The van der Waals surface area contributed by atoms with Gasteiger partial charge in [-0.05, 0) is 36.1 Å². The van der Waals surface area contributed by atoms with Crippen molar-refractivity contribution in [2.24, 2.45) is 5.92 Å². The van der Waals surface area contributed by atoms with E-state index in [0.29, 0.717) is 27.0 Å². The summed E-state index contributed by atoms with van der Waals surface area (Å²) in [5, 5.41) is 16.2. The summed E-state index contributed by atoms with van der Waals surface area (Å²) in [5.41, 5.74) is 2.37. The predicted molar refractivity (Wildman–Crippen MR) is 102 cm³/mol. The fourth-order valence-electron chi connectivity index (χ4n) is 4.05. The number of allylic oxidation sites excluding steroid dienone is 2. The van der Waals surface area contributed by atoms with Crippen LogP contribution in [0.4, 0.5) is 11.4 Å². The van der Waals surface area contributed by atoms with Crippen molar-refractivity contribution in [1.29, 1.82) is 0 Å². The topological polar surface area (TPSA) is 64.4 Å². The number of nitro benzene ring substituents is 1. The highest BCUT2D eigenvalue weighted by Crippen LogP contribution is 2.55. The summed E-state index contributed by atoms with van der Waals surface area (Å²) in [5.74, 6) is 0.643. The van der Waals surface area contributed by atoms with Crippen molar-refractivity contribution in [2.45, 2.75) is 18.4 Å². The Bertz CT molecular complexity index is 929. The quantitative estimate of drug-likeness (QED) is 0.412. The molecule has 0 radical (unpaired) electrons. The third kappa shape index (κ3) is 2.63. The van der Waals surface area contributed by atoms with Crippen molar-refractivity contribution >= 4 is 34.6 Å². The number of hydrogen-bond acceptors (Lipinski definition) is 4. The first-order valence-electron chi connectivity index (χ1n) is 8.24. The number of hydrogen-bond donors (Lipinski definition) is 1. The van der Waals surface area contributed by atoms with Crippen molar-refractivity contribution in [3.05, 3.63) is 73.8 Å². The molecule has 1 N–H and O–H groups in total. The molecule has 0 fully saturated rings.